The summed E-state index contributed by atoms with van der Waals surface area (Å²) in [5.74, 6) is -0.173. The molecule has 0 spiro atoms. The minimum atomic E-state index is -4.55. The highest BCUT2D eigenvalue weighted by molar-refractivity contribution is 7.18. The maximum absolute atomic E-state index is 13.3. The van der Waals surface area contributed by atoms with Crippen LogP contribution in [0.4, 0.5) is 24.0 Å². The molecule has 1 saturated heterocycles. The van der Waals surface area contributed by atoms with E-state index in [4.69, 9.17) is 11.6 Å². The first-order valence-electron chi connectivity index (χ1n) is 9.43. The van der Waals surface area contributed by atoms with Crippen molar-refractivity contribution in [1.82, 2.24) is 21.0 Å². The molecule has 4 N–H and O–H groups in total. The fourth-order valence-electron chi connectivity index (χ4n) is 3.89. The molecule has 4 unspecified atom stereocenters. The van der Waals surface area contributed by atoms with Crippen molar-refractivity contribution in [3.63, 3.8) is 0 Å². The van der Waals surface area contributed by atoms with Crippen LogP contribution in [0.1, 0.15) is 25.3 Å². The number of amides is 1. The van der Waals surface area contributed by atoms with Crippen LogP contribution in [0.5, 0.6) is 0 Å². The van der Waals surface area contributed by atoms with E-state index >= 15 is 0 Å². The molecule has 162 valence electrons. The summed E-state index contributed by atoms with van der Waals surface area (Å²) in [7, 11) is 0. The van der Waals surface area contributed by atoms with Crippen LogP contribution < -0.4 is 21.5 Å². The van der Waals surface area contributed by atoms with Gasteiger partial charge >= 0.3 is 6.18 Å². The number of carbonyl (C=O) groups excluding carboxylic acids is 1. The van der Waals surface area contributed by atoms with E-state index in [9.17, 15) is 18.0 Å². The van der Waals surface area contributed by atoms with Crippen LogP contribution in [0.3, 0.4) is 0 Å². The molecular formula is C18H20ClF3N6OS. The Labute approximate surface area is 179 Å². The Morgan fingerprint density at radius 3 is 2.80 bits per heavy atom. The van der Waals surface area contributed by atoms with Gasteiger partial charge in [-0.15, -0.1) is 21.8 Å². The van der Waals surface area contributed by atoms with Crippen LogP contribution in [0.2, 0.25) is 0 Å². The summed E-state index contributed by atoms with van der Waals surface area (Å²) >= 11 is 7.80. The molecule has 1 aliphatic heterocycles. The standard InChI is InChI=1S/C18H20ClF3N6OS/c1-8(29)24-11-5-9(4-10(6-11)18(20,21)22)16-27-28-17(30-16)25-14-3-2-13-12(15(14)19)7-23-26-13/h4-6,12-15,23,26H,2-3,7H2,1H3,(H,24,29)(H,25,28). The van der Waals surface area contributed by atoms with Crippen molar-refractivity contribution >= 4 is 39.7 Å². The fraction of sp³-hybridized carbons (Fsp3) is 0.500. The zero-order chi connectivity index (χ0) is 21.5. The van der Waals surface area contributed by atoms with E-state index in [0.29, 0.717) is 16.2 Å². The molecule has 0 bridgehead atoms. The molecule has 30 heavy (non-hydrogen) atoms. The molecule has 12 heteroatoms. The second-order valence-corrected chi connectivity index (χ2v) is 8.94. The Balaban J connectivity index is 1.55. The first-order chi connectivity index (χ1) is 14.2. The molecule has 1 aromatic carbocycles. The monoisotopic (exact) mass is 460 g/mol. The number of nitrogens with zero attached hydrogens (tertiary/aromatic N) is 2. The number of nitrogens with one attached hydrogen (secondary N) is 4. The predicted octanol–water partition coefficient (Wildman–Crippen LogP) is 3.46. The number of alkyl halides is 4. The highest BCUT2D eigenvalue weighted by Crippen LogP contribution is 2.38. The van der Waals surface area contributed by atoms with Crippen molar-refractivity contribution in [2.24, 2.45) is 5.92 Å². The van der Waals surface area contributed by atoms with E-state index in [1.165, 1.54) is 13.0 Å². The van der Waals surface area contributed by atoms with Crippen molar-refractivity contribution < 1.29 is 18.0 Å². The molecule has 0 radical (unpaired) electrons. The number of hydrogen-bond acceptors (Lipinski definition) is 7. The summed E-state index contributed by atoms with van der Waals surface area (Å²) in [6, 6.07) is 3.68. The highest BCUT2D eigenvalue weighted by atomic mass is 35.5. The van der Waals surface area contributed by atoms with E-state index in [0.717, 1.165) is 42.9 Å². The minimum Gasteiger partial charge on any atom is -0.356 e. The molecule has 1 aliphatic carbocycles. The van der Waals surface area contributed by atoms with E-state index in [-0.39, 0.29) is 28.6 Å². The number of hydrogen-bond donors (Lipinski definition) is 4. The second-order valence-electron chi connectivity index (χ2n) is 7.46. The van der Waals surface area contributed by atoms with Gasteiger partial charge in [-0.3, -0.25) is 15.6 Å². The lowest BCUT2D eigenvalue weighted by molar-refractivity contribution is -0.137. The summed E-state index contributed by atoms with van der Waals surface area (Å²) in [5.41, 5.74) is 5.77. The smallest absolute Gasteiger partial charge is 0.356 e. The van der Waals surface area contributed by atoms with E-state index < -0.39 is 17.6 Å². The van der Waals surface area contributed by atoms with Crippen LogP contribution in [0.25, 0.3) is 10.6 Å². The number of aromatic nitrogens is 2. The molecule has 7 nitrogen and oxygen atoms in total. The van der Waals surface area contributed by atoms with Crippen LogP contribution >= 0.6 is 22.9 Å². The molecule has 2 fully saturated rings. The van der Waals surface area contributed by atoms with Crippen molar-refractivity contribution in [1.29, 1.82) is 0 Å². The van der Waals surface area contributed by atoms with Gasteiger partial charge in [0, 0.05) is 42.7 Å². The lowest BCUT2D eigenvalue weighted by atomic mass is 9.82. The largest absolute Gasteiger partial charge is 0.416 e. The van der Waals surface area contributed by atoms with Gasteiger partial charge in [-0.2, -0.15) is 13.2 Å². The van der Waals surface area contributed by atoms with Gasteiger partial charge in [-0.05, 0) is 31.0 Å². The van der Waals surface area contributed by atoms with E-state index in [2.05, 4.69) is 31.7 Å². The Hall–Kier alpha value is -1.95. The van der Waals surface area contributed by atoms with Gasteiger partial charge in [0.25, 0.3) is 0 Å². The summed E-state index contributed by atoms with van der Waals surface area (Å²) in [6.45, 7) is 2.02. The SMILES string of the molecule is CC(=O)Nc1cc(-c2nnc(NC3CCC4NNCC4C3Cl)s2)cc(C(F)(F)F)c1. The molecular weight excluding hydrogens is 441 g/mol. The third kappa shape index (κ3) is 4.53. The third-order valence-electron chi connectivity index (χ3n) is 5.29. The maximum atomic E-state index is 13.3. The Bertz CT molecular complexity index is 939. The Morgan fingerprint density at radius 1 is 1.27 bits per heavy atom. The number of anilines is 2. The summed E-state index contributed by atoms with van der Waals surface area (Å²) in [5, 5.41) is 14.5. The summed E-state index contributed by atoms with van der Waals surface area (Å²) in [4.78, 5) is 11.3. The molecule has 4 rings (SSSR count). The Kier molecular flexibility index (Phi) is 5.88. The van der Waals surface area contributed by atoms with Gasteiger partial charge in [0.15, 0.2) is 0 Å². The van der Waals surface area contributed by atoms with Gasteiger partial charge in [-0.25, -0.2) is 0 Å². The third-order valence-corrected chi connectivity index (χ3v) is 6.82. The normalized spacial score (nSPS) is 26.3. The average Bonchev–Trinajstić information content (AvgIpc) is 3.32. The van der Waals surface area contributed by atoms with Crippen LogP contribution in [0.15, 0.2) is 18.2 Å². The topological polar surface area (TPSA) is 91.0 Å². The van der Waals surface area contributed by atoms with Crippen LogP contribution in [-0.2, 0) is 11.0 Å². The first kappa shape index (κ1) is 21.3. The molecule has 2 heterocycles. The lowest BCUT2D eigenvalue weighted by Crippen LogP contribution is -2.47. The highest BCUT2D eigenvalue weighted by Gasteiger charge is 2.41. The van der Waals surface area contributed by atoms with E-state index in [1.807, 2.05) is 0 Å². The van der Waals surface area contributed by atoms with Gasteiger partial charge in [0.1, 0.15) is 5.01 Å². The van der Waals surface area contributed by atoms with E-state index in [1.54, 1.807) is 0 Å². The number of rotatable bonds is 4. The number of hydrazine groups is 1. The van der Waals surface area contributed by atoms with Crippen molar-refractivity contribution in [2.75, 3.05) is 17.2 Å². The molecule has 4 atom stereocenters. The summed E-state index contributed by atoms with van der Waals surface area (Å²) in [6.07, 6.45) is -2.75. The number of benzene rings is 1. The number of carbonyl (C=O) groups is 1. The van der Waals surface area contributed by atoms with Crippen LogP contribution in [-0.4, -0.2) is 40.1 Å². The fourth-order valence-corrected chi connectivity index (χ4v) is 5.14. The van der Waals surface area contributed by atoms with Gasteiger partial charge in [0.2, 0.25) is 11.0 Å². The molecule has 2 aromatic rings. The van der Waals surface area contributed by atoms with Gasteiger partial charge in [-0.1, -0.05) is 11.3 Å². The number of fused-ring (bicyclic) bond motifs is 1. The minimum absolute atomic E-state index is 0.00753. The first-order valence-corrected chi connectivity index (χ1v) is 10.7. The van der Waals surface area contributed by atoms with Crippen molar-refractivity contribution in [2.45, 2.75) is 43.4 Å². The maximum Gasteiger partial charge on any atom is 0.416 e. The zero-order valence-corrected chi connectivity index (χ0v) is 17.5. The lowest BCUT2D eigenvalue weighted by Gasteiger charge is -2.35. The van der Waals surface area contributed by atoms with Gasteiger partial charge < -0.3 is 10.6 Å². The second kappa shape index (κ2) is 8.29. The van der Waals surface area contributed by atoms with Gasteiger partial charge in [0.05, 0.1) is 10.9 Å². The predicted molar refractivity (Wildman–Crippen MR) is 109 cm³/mol. The summed E-state index contributed by atoms with van der Waals surface area (Å²) < 4.78 is 39.8. The number of halogens is 4. The molecule has 1 saturated carbocycles. The Morgan fingerprint density at radius 2 is 2.07 bits per heavy atom. The zero-order valence-electron chi connectivity index (χ0n) is 15.9. The molecule has 1 amide bonds. The van der Waals surface area contributed by atoms with Crippen molar-refractivity contribution in [3.8, 4) is 10.6 Å². The van der Waals surface area contributed by atoms with Crippen LogP contribution in [0, 0.1) is 5.92 Å². The van der Waals surface area contributed by atoms with Crippen molar-refractivity contribution in [3.05, 3.63) is 23.8 Å². The quantitative estimate of drug-likeness (QED) is 0.522. The molecule has 2 aliphatic rings. The molecule has 1 aromatic heterocycles. The average molecular weight is 461 g/mol.